The molecule has 2 heterocycles. The van der Waals surface area contributed by atoms with E-state index in [9.17, 15) is 8.42 Å². The minimum atomic E-state index is -3.36. The smallest absolute Gasteiger partial charge is 0.244 e. The maximum absolute atomic E-state index is 12.6. The van der Waals surface area contributed by atoms with Gasteiger partial charge in [0.2, 0.25) is 10.0 Å². The lowest BCUT2D eigenvalue weighted by Gasteiger charge is -2.34. The molecule has 0 unspecified atom stereocenters. The second-order valence-electron chi connectivity index (χ2n) is 5.01. The van der Waals surface area contributed by atoms with Crippen molar-refractivity contribution < 1.29 is 8.42 Å². The van der Waals surface area contributed by atoms with Gasteiger partial charge in [0.1, 0.15) is 0 Å². The van der Waals surface area contributed by atoms with Crippen molar-refractivity contribution in [1.82, 2.24) is 9.21 Å². The Bertz CT molecular complexity index is 546. The molecule has 0 atom stereocenters. The lowest BCUT2D eigenvalue weighted by atomic mass is 10.3. The molecule has 0 amide bonds. The summed E-state index contributed by atoms with van der Waals surface area (Å²) in [5.74, 6) is 0.258. The summed E-state index contributed by atoms with van der Waals surface area (Å²) in [7, 11) is -3.36. The van der Waals surface area contributed by atoms with Crippen LogP contribution in [0.15, 0.2) is 16.3 Å². The molecule has 0 N–H and O–H groups in total. The van der Waals surface area contributed by atoms with Crippen LogP contribution in [0.2, 0.25) is 0 Å². The van der Waals surface area contributed by atoms with Gasteiger partial charge in [-0.25, -0.2) is 8.42 Å². The highest BCUT2D eigenvalue weighted by molar-refractivity contribution is 7.89. The number of halogens is 1. The Kier molecular flexibility index (Phi) is 3.88. The number of nitrogens with zero attached hydrogens (tertiary/aromatic N) is 2. The molecule has 1 saturated heterocycles. The third kappa shape index (κ3) is 2.69. The van der Waals surface area contributed by atoms with Crippen LogP contribution in [0.25, 0.3) is 0 Å². The maximum atomic E-state index is 12.6. The van der Waals surface area contributed by atoms with Crippen molar-refractivity contribution in [3.05, 3.63) is 16.3 Å². The summed E-state index contributed by atoms with van der Waals surface area (Å²) in [5.41, 5.74) is 0. The first-order chi connectivity index (χ1) is 9.13. The first kappa shape index (κ1) is 13.8. The zero-order valence-corrected chi connectivity index (χ0v) is 13.0. The summed E-state index contributed by atoms with van der Waals surface area (Å²) in [4.78, 5) is 3.54. The van der Waals surface area contributed by atoms with Gasteiger partial charge < -0.3 is 0 Å². The molecule has 19 heavy (non-hydrogen) atoms. The Morgan fingerprint density at radius 3 is 2.53 bits per heavy atom. The van der Waals surface area contributed by atoms with Gasteiger partial charge in [0.15, 0.2) is 0 Å². The summed E-state index contributed by atoms with van der Waals surface area (Å²) < 4.78 is 26.8. The molecule has 106 valence electrons. The number of alkyl halides is 1. The molecule has 0 bridgehead atoms. The monoisotopic (exact) mass is 320 g/mol. The van der Waals surface area contributed by atoms with Crippen LogP contribution < -0.4 is 0 Å². The molecule has 1 saturated carbocycles. The second-order valence-corrected chi connectivity index (χ2v) is 8.19. The summed E-state index contributed by atoms with van der Waals surface area (Å²) in [5, 5.41) is 1.80. The molecule has 4 nitrogen and oxygen atoms in total. The fourth-order valence-corrected chi connectivity index (χ4v) is 5.64. The number of thiophene rings is 1. The zero-order chi connectivity index (χ0) is 13.5. The van der Waals surface area contributed by atoms with Gasteiger partial charge >= 0.3 is 0 Å². The van der Waals surface area contributed by atoms with Gasteiger partial charge in [-0.05, 0) is 24.3 Å². The van der Waals surface area contributed by atoms with E-state index in [0.29, 0.717) is 24.0 Å². The Morgan fingerprint density at radius 1 is 1.26 bits per heavy atom. The van der Waals surface area contributed by atoms with Crippen molar-refractivity contribution >= 4 is 33.0 Å². The van der Waals surface area contributed by atoms with E-state index >= 15 is 0 Å². The maximum Gasteiger partial charge on any atom is 0.244 e. The molecule has 2 fully saturated rings. The van der Waals surface area contributed by atoms with E-state index < -0.39 is 10.0 Å². The van der Waals surface area contributed by atoms with Crippen LogP contribution in [-0.4, -0.2) is 49.8 Å². The lowest BCUT2D eigenvalue weighted by molar-refractivity contribution is 0.180. The van der Waals surface area contributed by atoms with Crippen LogP contribution in [0.5, 0.6) is 0 Å². The van der Waals surface area contributed by atoms with Gasteiger partial charge in [0, 0.05) is 37.1 Å². The molecule has 1 aromatic rings. The largest absolute Gasteiger partial charge is 0.298 e. The van der Waals surface area contributed by atoms with E-state index in [1.165, 1.54) is 24.2 Å². The Labute approximate surface area is 123 Å². The second kappa shape index (κ2) is 5.33. The van der Waals surface area contributed by atoms with E-state index in [2.05, 4.69) is 4.90 Å². The molecule has 1 aromatic heterocycles. The van der Waals surface area contributed by atoms with E-state index in [4.69, 9.17) is 11.6 Å². The van der Waals surface area contributed by atoms with Crippen molar-refractivity contribution in [2.45, 2.75) is 29.7 Å². The van der Waals surface area contributed by atoms with Gasteiger partial charge in [-0.3, -0.25) is 4.90 Å². The fraction of sp³-hybridized carbons (Fsp3) is 0.667. The van der Waals surface area contributed by atoms with Gasteiger partial charge in [-0.15, -0.1) is 22.9 Å². The minimum absolute atomic E-state index is 0.258. The van der Waals surface area contributed by atoms with Crippen LogP contribution in [0, 0.1) is 0 Å². The van der Waals surface area contributed by atoms with Crippen molar-refractivity contribution in [2.75, 3.05) is 26.2 Å². The molecule has 2 aliphatic rings. The predicted octanol–water partition coefficient (Wildman–Crippen LogP) is 1.96. The molecule has 7 heteroatoms. The van der Waals surface area contributed by atoms with E-state index in [-0.39, 0.29) is 5.88 Å². The van der Waals surface area contributed by atoms with Crippen LogP contribution >= 0.6 is 22.9 Å². The van der Waals surface area contributed by atoms with Gasteiger partial charge in [0.05, 0.1) is 10.8 Å². The molecule has 0 spiro atoms. The number of sulfonamides is 1. The summed E-state index contributed by atoms with van der Waals surface area (Å²) in [6.45, 7) is 2.89. The summed E-state index contributed by atoms with van der Waals surface area (Å²) >= 11 is 7.22. The normalized spacial score (nSPS) is 22.8. The number of hydrogen-bond acceptors (Lipinski definition) is 4. The number of rotatable bonds is 4. The van der Waals surface area contributed by atoms with Crippen molar-refractivity contribution in [3.8, 4) is 0 Å². The van der Waals surface area contributed by atoms with Crippen molar-refractivity contribution in [2.24, 2.45) is 0 Å². The van der Waals surface area contributed by atoms with Gasteiger partial charge in [-0.1, -0.05) is 0 Å². The Hall–Kier alpha value is -0.140. The van der Waals surface area contributed by atoms with Gasteiger partial charge in [0.25, 0.3) is 0 Å². The van der Waals surface area contributed by atoms with Crippen LogP contribution in [0.4, 0.5) is 0 Å². The topological polar surface area (TPSA) is 40.6 Å². The quantitative estimate of drug-likeness (QED) is 0.796. The molecule has 0 aromatic carbocycles. The zero-order valence-electron chi connectivity index (χ0n) is 10.6. The Balaban J connectivity index is 1.74. The fourth-order valence-electron chi connectivity index (χ4n) is 2.54. The summed E-state index contributed by atoms with van der Waals surface area (Å²) in [6, 6.07) is 2.38. The number of hydrogen-bond donors (Lipinski definition) is 0. The lowest BCUT2D eigenvalue weighted by Crippen LogP contribution is -2.49. The van der Waals surface area contributed by atoms with E-state index in [1.54, 1.807) is 15.8 Å². The molecular formula is C12H17ClN2O2S2. The minimum Gasteiger partial charge on any atom is -0.298 e. The highest BCUT2D eigenvalue weighted by Crippen LogP contribution is 2.30. The SMILES string of the molecule is O=S(=O)(c1ccsc1CCl)N1CCN(C2CC2)CC1. The Morgan fingerprint density at radius 2 is 1.95 bits per heavy atom. The van der Waals surface area contributed by atoms with E-state index in [0.717, 1.165) is 18.0 Å². The molecule has 0 radical (unpaired) electrons. The molecule has 1 aliphatic carbocycles. The van der Waals surface area contributed by atoms with E-state index in [1.807, 2.05) is 0 Å². The third-order valence-corrected chi connectivity index (χ3v) is 7.24. The third-order valence-electron chi connectivity index (χ3n) is 3.78. The van der Waals surface area contributed by atoms with Crippen molar-refractivity contribution in [3.63, 3.8) is 0 Å². The van der Waals surface area contributed by atoms with Crippen LogP contribution in [-0.2, 0) is 15.9 Å². The first-order valence-electron chi connectivity index (χ1n) is 6.49. The van der Waals surface area contributed by atoms with Crippen LogP contribution in [0.1, 0.15) is 17.7 Å². The summed E-state index contributed by atoms with van der Waals surface area (Å²) in [6.07, 6.45) is 2.54. The van der Waals surface area contributed by atoms with Gasteiger partial charge in [-0.2, -0.15) is 4.31 Å². The first-order valence-corrected chi connectivity index (χ1v) is 9.35. The standard InChI is InChI=1S/C12H17ClN2O2S2/c13-9-11-12(3-8-18-11)19(16,17)15-6-4-14(5-7-15)10-1-2-10/h3,8,10H,1-2,4-7,9H2. The molecule has 3 rings (SSSR count). The highest BCUT2D eigenvalue weighted by atomic mass is 35.5. The highest BCUT2D eigenvalue weighted by Gasteiger charge is 2.35. The molecule has 1 aliphatic heterocycles. The van der Waals surface area contributed by atoms with Crippen LogP contribution in [0.3, 0.4) is 0 Å². The van der Waals surface area contributed by atoms with Crippen molar-refractivity contribution in [1.29, 1.82) is 0 Å². The molecular weight excluding hydrogens is 304 g/mol. The average molecular weight is 321 g/mol. The number of piperazine rings is 1. The average Bonchev–Trinajstić information content (AvgIpc) is 3.15. The predicted molar refractivity (Wildman–Crippen MR) is 77.2 cm³/mol.